The quantitative estimate of drug-likeness (QED) is 0.714. The first-order chi connectivity index (χ1) is 9.16. The number of nitrogens with one attached hydrogen (secondary N) is 1. The Morgan fingerprint density at radius 2 is 1.79 bits per heavy atom. The number of hydrogen-bond acceptors (Lipinski definition) is 1. The molecule has 0 fully saturated rings. The van der Waals surface area contributed by atoms with Gasteiger partial charge < -0.3 is 4.98 Å². The zero-order chi connectivity index (χ0) is 13.4. The lowest BCUT2D eigenvalue weighted by Crippen LogP contribution is -2.04. The lowest BCUT2D eigenvalue weighted by Gasteiger charge is -2.06. The van der Waals surface area contributed by atoms with Crippen molar-refractivity contribution in [1.29, 1.82) is 0 Å². The molecule has 1 heterocycles. The van der Waals surface area contributed by atoms with Gasteiger partial charge in [0.15, 0.2) is 11.2 Å². The molecule has 0 saturated carbocycles. The van der Waals surface area contributed by atoms with E-state index < -0.39 is 5.82 Å². The summed E-state index contributed by atoms with van der Waals surface area (Å²) in [6, 6.07) is 13.6. The van der Waals surface area contributed by atoms with Gasteiger partial charge >= 0.3 is 0 Å². The minimum atomic E-state index is -0.603. The van der Waals surface area contributed by atoms with Gasteiger partial charge in [-0.05, 0) is 17.7 Å². The second-order valence-corrected chi connectivity index (χ2v) is 4.60. The van der Waals surface area contributed by atoms with Gasteiger partial charge in [-0.25, -0.2) is 4.39 Å². The van der Waals surface area contributed by atoms with Gasteiger partial charge in [0, 0.05) is 17.1 Å². The van der Waals surface area contributed by atoms with E-state index in [-0.39, 0.29) is 16.0 Å². The molecule has 1 aromatic heterocycles. The summed E-state index contributed by atoms with van der Waals surface area (Å²) >= 11 is 5.74. The van der Waals surface area contributed by atoms with Gasteiger partial charge in [-0.2, -0.15) is 0 Å². The van der Waals surface area contributed by atoms with Gasteiger partial charge in [0.2, 0.25) is 0 Å². The van der Waals surface area contributed by atoms with E-state index in [1.807, 2.05) is 30.3 Å². The van der Waals surface area contributed by atoms with Crippen molar-refractivity contribution in [3.63, 3.8) is 0 Å². The van der Waals surface area contributed by atoms with E-state index in [0.717, 1.165) is 5.56 Å². The van der Waals surface area contributed by atoms with E-state index in [9.17, 15) is 9.18 Å². The Hall–Kier alpha value is -2.13. The maximum Gasteiger partial charge on any atom is 0.190 e. The monoisotopic (exact) mass is 273 g/mol. The van der Waals surface area contributed by atoms with Crippen LogP contribution in [0.4, 0.5) is 4.39 Å². The molecule has 0 saturated heterocycles. The Bertz CT molecular complexity index is 811. The van der Waals surface area contributed by atoms with Crippen LogP contribution in [-0.4, -0.2) is 4.98 Å². The molecule has 0 aliphatic heterocycles. The predicted octanol–water partition coefficient (Wildman–Crippen LogP) is 3.99. The Morgan fingerprint density at radius 1 is 1.05 bits per heavy atom. The highest BCUT2D eigenvalue weighted by Gasteiger charge is 2.10. The van der Waals surface area contributed by atoms with Gasteiger partial charge in [-0.3, -0.25) is 4.79 Å². The SMILES string of the molecule is O=c1cc(-c2ccccc2)[nH]c2c(F)c(Cl)ccc12. The van der Waals surface area contributed by atoms with E-state index >= 15 is 0 Å². The highest BCUT2D eigenvalue weighted by atomic mass is 35.5. The molecule has 0 spiro atoms. The van der Waals surface area contributed by atoms with Crippen LogP contribution < -0.4 is 5.43 Å². The average molecular weight is 274 g/mol. The maximum atomic E-state index is 14.0. The number of halogens is 2. The number of hydrogen-bond donors (Lipinski definition) is 1. The minimum Gasteiger partial charge on any atom is -0.352 e. The summed E-state index contributed by atoms with van der Waals surface area (Å²) in [4.78, 5) is 14.9. The number of aromatic amines is 1. The molecule has 0 atom stereocenters. The Morgan fingerprint density at radius 3 is 2.53 bits per heavy atom. The van der Waals surface area contributed by atoms with Crippen molar-refractivity contribution in [3.8, 4) is 11.3 Å². The van der Waals surface area contributed by atoms with Crippen LogP contribution in [-0.2, 0) is 0 Å². The molecule has 0 unspecified atom stereocenters. The number of pyridine rings is 1. The van der Waals surface area contributed by atoms with Gasteiger partial charge in [0.25, 0.3) is 0 Å². The third-order valence-corrected chi connectivity index (χ3v) is 3.27. The van der Waals surface area contributed by atoms with Crippen molar-refractivity contribution < 1.29 is 4.39 Å². The number of fused-ring (bicyclic) bond motifs is 1. The average Bonchev–Trinajstić information content (AvgIpc) is 2.44. The Kier molecular flexibility index (Phi) is 2.84. The molecule has 4 heteroatoms. The van der Waals surface area contributed by atoms with E-state index in [1.165, 1.54) is 18.2 Å². The molecular formula is C15H9ClFNO. The van der Waals surface area contributed by atoms with E-state index in [4.69, 9.17) is 11.6 Å². The van der Waals surface area contributed by atoms with Crippen LogP contribution in [0.15, 0.2) is 53.3 Å². The summed E-state index contributed by atoms with van der Waals surface area (Å²) in [7, 11) is 0. The van der Waals surface area contributed by atoms with Crippen molar-refractivity contribution >= 4 is 22.5 Å². The molecule has 94 valence electrons. The zero-order valence-corrected chi connectivity index (χ0v) is 10.5. The summed E-state index contributed by atoms with van der Waals surface area (Å²) in [6.45, 7) is 0. The van der Waals surface area contributed by atoms with Crippen LogP contribution >= 0.6 is 11.6 Å². The number of aromatic nitrogens is 1. The van der Waals surface area contributed by atoms with Crippen LogP contribution in [0, 0.1) is 5.82 Å². The van der Waals surface area contributed by atoms with Crippen LogP contribution in [0.1, 0.15) is 0 Å². The first-order valence-corrected chi connectivity index (χ1v) is 6.11. The first-order valence-electron chi connectivity index (χ1n) is 5.73. The molecule has 1 N–H and O–H groups in total. The van der Waals surface area contributed by atoms with Crippen molar-refractivity contribution in [2.75, 3.05) is 0 Å². The summed E-state index contributed by atoms with van der Waals surface area (Å²) < 4.78 is 14.0. The van der Waals surface area contributed by atoms with Crippen LogP contribution in [0.2, 0.25) is 5.02 Å². The summed E-state index contributed by atoms with van der Waals surface area (Å²) in [6.07, 6.45) is 0. The van der Waals surface area contributed by atoms with Crippen molar-refractivity contribution in [2.45, 2.75) is 0 Å². The summed E-state index contributed by atoms with van der Waals surface area (Å²) in [5.74, 6) is -0.603. The summed E-state index contributed by atoms with van der Waals surface area (Å²) in [5.41, 5.74) is 1.29. The highest BCUT2D eigenvalue weighted by molar-refractivity contribution is 6.31. The fourth-order valence-corrected chi connectivity index (χ4v) is 2.19. The molecular weight excluding hydrogens is 265 g/mol. The van der Waals surface area contributed by atoms with E-state index in [1.54, 1.807) is 0 Å². The predicted molar refractivity (Wildman–Crippen MR) is 75.0 cm³/mol. The lowest BCUT2D eigenvalue weighted by molar-refractivity contribution is 0.637. The van der Waals surface area contributed by atoms with Crippen LogP contribution in [0.3, 0.4) is 0 Å². The molecule has 3 rings (SSSR count). The zero-order valence-electron chi connectivity index (χ0n) is 9.78. The molecule has 0 bridgehead atoms. The largest absolute Gasteiger partial charge is 0.352 e. The van der Waals surface area contributed by atoms with Crippen LogP contribution in [0.5, 0.6) is 0 Å². The second-order valence-electron chi connectivity index (χ2n) is 4.20. The third kappa shape index (κ3) is 2.02. The fraction of sp³-hybridized carbons (Fsp3) is 0. The highest BCUT2D eigenvalue weighted by Crippen LogP contribution is 2.24. The number of benzene rings is 2. The third-order valence-electron chi connectivity index (χ3n) is 2.98. The van der Waals surface area contributed by atoms with Gasteiger partial charge in [0.1, 0.15) is 0 Å². The molecule has 2 nitrogen and oxygen atoms in total. The standard InChI is InChI=1S/C15H9ClFNO/c16-11-7-6-10-13(19)8-12(18-15(10)14(11)17)9-4-2-1-3-5-9/h1-8H,(H,18,19). The second kappa shape index (κ2) is 4.52. The van der Waals surface area contributed by atoms with Gasteiger partial charge in [-0.1, -0.05) is 41.9 Å². The number of rotatable bonds is 1. The van der Waals surface area contributed by atoms with Crippen molar-refractivity contribution in [2.24, 2.45) is 0 Å². The Labute approximate surface area is 113 Å². The van der Waals surface area contributed by atoms with Crippen molar-refractivity contribution in [3.05, 3.63) is 69.6 Å². The van der Waals surface area contributed by atoms with Gasteiger partial charge in [-0.15, -0.1) is 0 Å². The van der Waals surface area contributed by atoms with Crippen LogP contribution in [0.25, 0.3) is 22.2 Å². The molecule has 0 amide bonds. The lowest BCUT2D eigenvalue weighted by atomic mass is 10.1. The normalized spacial score (nSPS) is 10.8. The topological polar surface area (TPSA) is 32.9 Å². The fourth-order valence-electron chi connectivity index (χ4n) is 2.03. The van der Waals surface area contributed by atoms with Crippen molar-refractivity contribution in [1.82, 2.24) is 4.98 Å². The molecule has 2 aromatic carbocycles. The number of H-pyrrole nitrogens is 1. The molecule has 0 radical (unpaired) electrons. The van der Waals surface area contributed by atoms with E-state index in [0.29, 0.717) is 11.1 Å². The summed E-state index contributed by atoms with van der Waals surface area (Å²) in [5, 5.41) is 0.287. The first kappa shape index (κ1) is 11.9. The molecule has 19 heavy (non-hydrogen) atoms. The molecule has 0 aliphatic carbocycles. The molecule has 3 aromatic rings. The van der Waals surface area contributed by atoms with E-state index in [2.05, 4.69) is 4.98 Å². The Balaban J connectivity index is 2.36. The smallest absolute Gasteiger partial charge is 0.190 e. The molecule has 0 aliphatic rings. The van der Waals surface area contributed by atoms with Gasteiger partial charge in [0.05, 0.1) is 10.5 Å². The maximum absolute atomic E-state index is 14.0. The minimum absolute atomic E-state index is 0.00615.